The highest BCUT2D eigenvalue weighted by atomic mass is 19.3. The van der Waals surface area contributed by atoms with Gasteiger partial charge in [-0.15, -0.1) is 0 Å². The van der Waals surface area contributed by atoms with Crippen molar-refractivity contribution in [2.75, 3.05) is 0 Å². The van der Waals surface area contributed by atoms with Crippen LogP contribution in [-0.4, -0.2) is 16.8 Å². The Kier molecular flexibility index (Phi) is 3.24. The minimum Gasteiger partial charge on any atom is -0.381 e. The van der Waals surface area contributed by atoms with Crippen molar-refractivity contribution >= 4 is 5.78 Å². The third-order valence-electron chi connectivity index (χ3n) is 3.19. The number of alkyl halides is 2. The number of aliphatic hydroxyl groups excluding tert-OH is 1. The lowest BCUT2D eigenvalue weighted by Gasteiger charge is -2.15. The second-order valence-corrected chi connectivity index (χ2v) is 4.51. The van der Waals surface area contributed by atoms with Gasteiger partial charge in [0, 0.05) is 18.8 Å². The number of benzene rings is 1. The Morgan fingerprint density at radius 3 is 2.53 bits per heavy atom. The average molecular weight is 240 g/mol. The molecule has 2 rings (SSSR count). The van der Waals surface area contributed by atoms with Crippen molar-refractivity contribution < 1.29 is 18.7 Å². The van der Waals surface area contributed by atoms with Gasteiger partial charge < -0.3 is 5.11 Å². The van der Waals surface area contributed by atoms with Crippen LogP contribution in [-0.2, 0) is 4.79 Å². The lowest BCUT2D eigenvalue weighted by molar-refractivity contribution is -0.132. The zero-order valence-corrected chi connectivity index (χ0v) is 9.27. The molecule has 0 aromatic heterocycles. The van der Waals surface area contributed by atoms with Crippen LogP contribution in [0.2, 0.25) is 0 Å². The first-order valence-corrected chi connectivity index (χ1v) is 5.64. The molecular weight excluding hydrogens is 226 g/mol. The van der Waals surface area contributed by atoms with Gasteiger partial charge in [-0.2, -0.15) is 0 Å². The number of aliphatic hydroxyl groups is 1. The summed E-state index contributed by atoms with van der Waals surface area (Å²) in [7, 11) is 0. The number of carbonyl (C=O) groups is 1. The van der Waals surface area contributed by atoms with Crippen LogP contribution in [0.4, 0.5) is 8.78 Å². The van der Waals surface area contributed by atoms with Crippen molar-refractivity contribution in [2.24, 2.45) is 5.92 Å². The van der Waals surface area contributed by atoms with Gasteiger partial charge in [-0.05, 0) is 12.0 Å². The van der Waals surface area contributed by atoms with Crippen molar-refractivity contribution in [3.63, 3.8) is 0 Å². The smallest absolute Gasteiger partial charge is 0.248 e. The van der Waals surface area contributed by atoms with E-state index in [1.807, 2.05) is 0 Å². The van der Waals surface area contributed by atoms with Gasteiger partial charge in [0.05, 0.1) is 0 Å². The normalized spacial score (nSPS) is 24.5. The zero-order valence-electron chi connectivity index (χ0n) is 9.27. The summed E-state index contributed by atoms with van der Waals surface area (Å²) in [5, 5.41) is 9.83. The summed E-state index contributed by atoms with van der Waals surface area (Å²) in [4.78, 5) is 11.9. The summed E-state index contributed by atoms with van der Waals surface area (Å²) in [5.74, 6) is -3.97. The van der Waals surface area contributed by atoms with E-state index in [4.69, 9.17) is 0 Å². The second kappa shape index (κ2) is 4.53. The fourth-order valence-corrected chi connectivity index (χ4v) is 2.22. The average Bonchev–Trinajstić information content (AvgIpc) is 2.69. The van der Waals surface area contributed by atoms with Gasteiger partial charge in [0.1, 0.15) is 6.10 Å². The van der Waals surface area contributed by atoms with Crippen LogP contribution in [0.3, 0.4) is 0 Å². The molecule has 0 radical (unpaired) electrons. The van der Waals surface area contributed by atoms with Gasteiger partial charge >= 0.3 is 0 Å². The largest absolute Gasteiger partial charge is 0.381 e. The van der Waals surface area contributed by atoms with Gasteiger partial charge in [0.2, 0.25) is 5.92 Å². The molecule has 2 atom stereocenters. The molecule has 0 unspecified atom stereocenters. The van der Waals surface area contributed by atoms with Crippen LogP contribution in [0.5, 0.6) is 0 Å². The highest BCUT2D eigenvalue weighted by Gasteiger charge is 2.43. The highest BCUT2D eigenvalue weighted by molar-refractivity contribution is 5.86. The summed E-state index contributed by atoms with van der Waals surface area (Å²) in [5.41, 5.74) is 0.465. The molecule has 1 N–H and O–H groups in total. The number of hydrogen-bond acceptors (Lipinski definition) is 2. The molecule has 1 fully saturated rings. The summed E-state index contributed by atoms with van der Waals surface area (Å²) >= 11 is 0. The van der Waals surface area contributed by atoms with E-state index in [2.05, 4.69) is 0 Å². The molecule has 1 aromatic rings. The van der Waals surface area contributed by atoms with Gasteiger partial charge in [0.25, 0.3) is 0 Å². The SMILES string of the molecule is O=C([C@@H]1CCC(F)(F)C1)[C@H](O)c1ccccc1. The molecule has 0 amide bonds. The van der Waals surface area contributed by atoms with Crippen molar-refractivity contribution in [1.29, 1.82) is 0 Å². The quantitative estimate of drug-likeness (QED) is 0.882. The summed E-state index contributed by atoms with van der Waals surface area (Å²) < 4.78 is 26.0. The maximum atomic E-state index is 13.0. The van der Waals surface area contributed by atoms with Crippen molar-refractivity contribution in [2.45, 2.75) is 31.3 Å². The number of hydrogen-bond donors (Lipinski definition) is 1. The van der Waals surface area contributed by atoms with Crippen LogP contribution >= 0.6 is 0 Å². The number of halogens is 2. The van der Waals surface area contributed by atoms with Gasteiger partial charge in [-0.1, -0.05) is 30.3 Å². The maximum absolute atomic E-state index is 13.0. The Morgan fingerprint density at radius 1 is 1.35 bits per heavy atom. The van der Waals surface area contributed by atoms with E-state index in [1.165, 1.54) is 0 Å². The molecule has 1 aromatic carbocycles. The third-order valence-corrected chi connectivity index (χ3v) is 3.19. The Labute approximate surface area is 98.3 Å². The molecule has 0 spiro atoms. The van der Waals surface area contributed by atoms with E-state index >= 15 is 0 Å². The number of carbonyl (C=O) groups excluding carboxylic acids is 1. The fraction of sp³-hybridized carbons (Fsp3) is 0.462. The summed E-state index contributed by atoms with van der Waals surface area (Å²) in [6, 6.07) is 8.42. The van der Waals surface area contributed by atoms with E-state index in [0.29, 0.717) is 5.56 Å². The Balaban J connectivity index is 2.06. The lowest BCUT2D eigenvalue weighted by Crippen LogP contribution is -2.21. The number of Topliss-reactive ketones (excluding diaryl/α,β-unsaturated/α-hetero) is 1. The first-order chi connectivity index (χ1) is 7.99. The molecule has 1 saturated carbocycles. The van der Waals surface area contributed by atoms with E-state index in [9.17, 15) is 18.7 Å². The van der Waals surface area contributed by atoms with Crippen molar-refractivity contribution in [3.8, 4) is 0 Å². The molecule has 2 nitrogen and oxygen atoms in total. The first kappa shape index (κ1) is 12.2. The molecule has 4 heteroatoms. The van der Waals surface area contributed by atoms with Crippen molar-refractivity contribution in [3.05, 3.63) is 35.9 Å². The minimum atomic E-state index is -2.75. The fourth-order valence-electron chi connectivity index (χ4n) is 2.22. The third kappa shape index (κ3) is 2.69. The van der Waals surface area contributed by atoms with E-state index in [-0.39, 0.29) is 12.8 Å². The second-order valence-electron chi connectivity index (χ2n) is 4.51. The lowest BCUT2D eigenvalue weighted by atomic mass is 9.94. The van der Waals surface area contributed by atoms with Gasteiger partial charge in [-0.3, -0.25) is 4.79 Å². The molecule has 0 aliphatic heterocycles. The predicted molar refractivity (Wildman–Crippen MR) is 58.7 cm³/mol. The van der Waals surface area contributed by atoms with E-state index in [1.54, 1.807) is 30.3 Å². The molecule has 17 heavy (non-hydrogen) atoms. The Morgan fingerprint density at radius 2 is 2.00 bits per heavy atom. The Hall–Kier alpha value is -1.29. The van der Waals surface area contributed by atoms with E-state index in [0.717, 1.165) is 0 Å². The van der Waals surface area contributed by atoms with Gasteiger partial charge in [0.15, 0.2) is 5.78 Å². The molecule has 1 aliphatic carbocycles. The van der Waals surface area contributed by atoms with Crippen molar-refractivity contribution in [1.82, 2.24) is 0 Å². The van der Waals surface area contributed by atoms with E-state index < -0.39 is 30.1 Å². The number of ketones is 1. The molecular formula is C13H14F2O2. The molecule has 0 bridgehead atoms. The molecule has 0 heterocycles. The molecule has 92 valence electrons. The predicted octanol–water partition coefficient (Wildman–Crippen LogP) is 2.72. The van der Waals surface area contributed by atoms with Crippen LogP contribution < -0.4 is 0 Å². The van der Waals surface area contributed by atoms with Crippen LogP contribution in [0, 0.1) is 5.92 Å². The monoisotopic (exact) mass is 240 g/mol. The summed E-state index contributed by atoms with van der Waals surface area (Å²) in [6.07, 6.45) is -1.81. The minimum absolute atomic E-state index is 0.162. The zero-order chi connectivity index (χ0) is 12.5. The van der Waals surface area contributed by atoms with Crippen LogP contribution in [0.1, 0.15) is 30.9 Å². The summed E-state index contributed by atoms with van der Waals surface area (Å²) in [6.45, 7) is 0. The highest BCUT2D eigenvalue weighted by Crippen LogP contribution is 2.40. The number of rotatable bonds is 3. The standard InChI is InChI=1S/C13H14F2O2/c14-13(15)7-6-10(8-13)12(17)11(16)9-4-2-1-3-5-9/h1-5,10-11,16H,6-8H2/t10-,11-/m1/s1. The molecule has 1 aliphatic rings. The molecule has 0 saturated heterocycles. The Bertz CT molecular complexity index is 403. The first-order valence-electron chi connectivity index (χ1n) is 5.64. The van der Waals surface area contributed by atoms with Crippen LogP contribution in [0.25, 0.3) is 0 Å². The van der Waals surface area contributed by atoms with Gasteiger partial charge in [-0.25, -0.2) is 8.78 Å². The maximum Gasteiger partial charge on any atom is 0.248 e. The topological polar surface area (TPSA) is 37.3 Å². The van der Waals surface area contributed by atoms with Crippen LogP contribution in [0.15, 0.2) is 30.3 Å².